The number of hydrogen-bond acceptors (Lipinski definition) is 6. The van der Waals surface area contributed by atoms with Crippen LogP contribution >= 0.6 is 11.3 Å². The summed E-state index contributed by atoms with van der Waals surface area (Å²) in [7, 11) is 2.09. The van der Waals surface area contributed by atoms with Gasteiger partial charge in [-0.15, -0.1) is 5.10 Å². The minimum atomic E-state index is -0.123. The Labute approximate surface area is 139 Å². The fourth-order valence-corrected chi connectivity index (χ4v) is 5.29. The standard InChI is InChI=1S/C16H22N4O2S/c1-3-22-12-10-11(16(12)7-4-5-8-16)19(2)15-18-20-13(21)6-9-17-14(20)23-15/h6,9,11-12H,3-5,7-8,10H2,1-2H3/t11-,12-/m1/s1. The average Bonchev–Trinajstić information content (AvgIpc) is 3.19. The molecule has 2 aliphatic rings. The Morgan fingerprint density at radius 2 is 2.26 bits per heavy atom. The lowest BCUT2D eigenvalue weighted by Gasteiger charge is -2.56. The van der Waals surface area contributed by atoms with Gasteiger partial charge in [0.25, 0.3) is 5.56 Å². The molecule has 0 N–H and O–H groups in total. The molecule has 23 heavy (non-hydrogen) atoms. The molecule has 0 aliphatic heterocycles. The lowest BCUT2D eigenvalue weighted by atomic mass is 9.60. The number of fused-ring (bicyclic) bond motifs is 1. The Hall–Kier alpha value is -1.47. The smallest absolute Gasteiger partial charge is 0.275 e. The Balaban J connectivity index is 1.64. The maximum absolute atomic E-state index is 11.9. The van der Waals surface area contributed by atoms with E-state index in [4.69, 9.17) is 4.74 Å². The molecule has 2 atom stereocenters. The van der Waals surface area contributed by atoms with Gasteiger partial charge in [0.1, 0.15) is 0 Å². The van der Waals surface area contributed by atoms with Crippen LogP contribution in [-0.2, 0) is 4.74 Å². The predicted molar refractivity (Wildman–Crippen MR) is 90.3 cm³/mol. The summed E-state index contributed by atoms with van der Waals surface area (Å²) in [6.45, 7) is 2.86. The van der Waals surface area contributed by atoms with E-state index in [0.29, 0.717) is 17.1 Å². The topological polar surface area (TPSA) is 59.7 Å². The first-order valence-electron chi connectivity index (χ1n) is 8.35. The van der Waals surface area contributed by atoms with Crippen LogP contribution in [0, 0.1) is 5.41 Å². The van der Waals surface area contributed by atoms with Gasteiger partial charge in [-0.05, 0) is 26.2 Å². The number of anilines is 1. The fourth-order valence-electron chi connectivity index (χ4n) is 4.40. The summed E-state index contributed by atoms with van der Waals surface area (Å²) in [5, 5.41) is 5.35. The first-order valence-corrected chi connectivity index (χ1v) is 9.16. The minimum Gasteiger partial charge on any atom is -0.378 e. The molecule has 0 unspecified atom stereocenters. The Morgan fingerprint density at radius 1 is 1.48 bits per heavy atom. The van der Waals surface area contributed by atoms with Crippen molar-refractivity contribution in [3.05, 3.63) is 22.6 Å². The van der Waals surface area contributed by atoms with Crippen molar-refractivity contribution in [2.45, 2.75) is 51.2 Å². The summed E-state index contributed by atoms with van der Waals surface area (Å²) in [4.78, 5) is 19.0. The van der Waals surface area contributed by atoms with Crippen LogP contribution < -0.4 is 10.5 Å². The quantitative estimate of drug-likeness (QED) is 0.859. The lowest BCUT2D eigenvalue weighted by Crippen LogP contribution is -2.63. The molecule has 7 heteroatoms. The number of rotatable bonds is 4. The van der Waals surface area contributed by atoms with Gasteiger partial charge in [0.2, 0.25) is 10.1 Å². The van der Waals surface area contributed by atoms with Gasteiger partial charge in [0.15, 0.2) is 0 Å². The van der Waals surface area contributed by atoms with Crippen molar-refractivity contribution in [1.82, 2.24) is 14.6 Å². The molecule has 2 aromatic heterocycles. The number of ether oxygens (including phenoxy) is 1. The monoisotopic (exact) mass is 334 g/mol. The second kappa shape index (κ2) is 5.56. The molecule has 124 valence electrons. The third kappa shape index (κ3) is 2.21. The van der Waals surface area contributed by atoms with Gasteiger partial charge in [0.05, 0.1) is 6.10 Å². The van der Waals surface area contributed by atoms with Gasteiger partial charge in [0, 0.05) is 37.4 Å². The molecule has 6 nitrogen and oxygen atoms in total. The first-order chi connectivity index (χ1) is 11.2. The van der Waals surface area contributed by atoms with E-state index >= 15 is 0 Å². The van der Waals surface area contributed by atoms with Crippen molar-refractivity contribution in [3.8, 4) is 0 Å². The molecule has 0 radical (unpaired) electrons. The van der Waals surface area contributed by atoms with Crippen LogP contribution in [0.1, 0.15) is 39.0 Å². The lowest BCUT2D eigenvalue weighted by molar-refractivity contribution is -0.121. The minimum absolute atomic E-state index is 0.123. The van der Waals surface area contributed by atoms with E-state index in [1.807, 2.05) is 0 Å². The van der Waals surface area contributed by atoms with Crippen molar-refractivity contribution >= 4 is 21.4 Å². The van der Waals surface area contributed by atoms with Gasteiger partial charge in [-0.25, -0.2) is 4.98 Å². The molecule has 1 spiro atoms. The van der Waals surface area contributed by atoms with E-state index in [9.17, 15) is 4.79 Å². The average molecular weight is 334 g/mol. The summed E-state index contributed by atoms with van der Waals surface area (Å²) >= 11 is 1.48. The highest BCUT2D eigenvalue weighted by Gasteiger charge is 2.58. The van der Waals surface area contributed by atoms with Crippen LogP contribution in [0.3, 0.4) is 0 Å². The van der Waals surface area contributed by atoms with E-state index in [-0.39, 0.29) is 11.0 Å². The highest BCUT2D eigenvalue weighted by molar-refractivity contribution is 7.20. The van der Waals surface area contributed by atoms with Crippen LogP contribution in [0.2, 0.25) is 0 Å². The van der Waals surface area contributed by atoms with Crippen LogP contribution in [0.5, 0.6) is 0 Å². The fraction of sp³-hybridized carbons (Fsp3) is 0.688. The molecule has 0 saturated heterocycles. The van der Waals surface area contributed by atoms with Gasteiger partial charge in [-0.2, -0.15) is 4.52 Å². The van der Waals surface area contributed by atoms with Crippen molar-refractivity contribution in [2.24, 2.45) is 5.41 Å². The zero-order valence-corrected chi connectivity index (χ0v) is 14.4. The predicted octanol–water partition coefficient (Wildman–Crippen LogP) is 2.33. The van der Waals surface area contributed by atoms with Gasteiger partial charge in [-0.3, -0.25) is 4.79 Å². The van der Waals surface area contributed by atoms with E-state index < -0.39 is 0 Å². The molecule has 2 aromatic rings. The molecular formula is C16H22N4O2S. The number of nitrogens with zero attached hydrogens (tertiary/aromatic N) is 4. The Bertz CT molecular complexity index is 765. The molecule has 0 bridgehead atoms. The third-order valence-corrected chi connectivity index (χ3v) is 6.59. The largest absolute Gasteiger partial charge is 0.378 e. The van der Waals surface area contributed by atoms with Crippen LogP contribution in [0.4, 0.5) is 5.13 Å². The van der Waals surface area contributed by atoms with Crippen LogP contribution in [0.15, 0.2) is 17.1 Å². The second-order valence-electron chi connectivity index (χ2n) is 6.61. The molecule has 0 aromatic carbocycles. The zero-order valence-electron chi connectivity index (χ0n) is 13.6. The van der Waals surface area contributed by atoms with Crippen molar-refractivity contribution in [3.63, 3.8) is 0 Å². The van der Waals surface area contributed by atoms with Crippen molar-refractivity contribution in [1.29, 1.82) is 0 Å². The number of aromatic nitrogens is 3. The maximum atomic E-state index is 11.9. The molecule has 4 rings (SSSR count). The van der Waals surface area contributed by atoms with E-state index in [1.165, 1.54) is 47.6 Å². The number of hydrogen-bond donors (Lipinski definition) is 0. The highest BCUT2D eigenvalue weighted by atomic mass is 32.1. The van der Waals surface area contributed by atoms with Gasteiger partial charge < -0.3 is 9.64 Å². The summed E-state index contributed by atoms with van der Waals surface area (Å²) in [5.41, 5.74) is 0.142. The molecule has 2 fully saturated rings. The summed E-state index contributed by atoms with van der Waals surface area (Å²) in [6, 6.07) is 1.89. The molecule has 2 saturated carbocycles. The van der Waals surface area contributed by atoms with Crippen LogP contribution in [-0.4, -0.2) is 40.4 Å². The molecule has 2 heterocycles. The zero-order chi connectivity index (χ0) is 16.0. The summed E-state index contributed by atoms with van der Waals surface area (Å²) in [6.07, 6.45) is 8.00. The van der Waals surface area contributed by atoms with Gasteiger partial charge in [-0.1, -0.05) is 24.2 Å². The van der Waals surface area contributed by atoms with Gasteiger partial charge >= 0.3 is 0 Å². The Kier molecular flexibility index (Phi) is 3.65. The second-order valence-corrected chi connectivity index (χ2v) is 7.54. The summed E-state index contributed by atoms with van der Waals surface area (Å²) in [5.74, 6) is 0. The summed E-state index contributed by atoms with van der Waals surface area (Å²) < 4.78 is 7.40. The highest BCUT2D eigenvalue weighted by Crippen LogP contribution is 2.57. The SMILES string of the molecule is CCO[C@@H]1C[C@@H](N(C)c2nn3c(=O)ccnc3s2)C12CCCC2. The van der Waals surface area contributed by atoms with Crippen molar-refractivity contribution in [2.75, 3.05) is 18.6 Å². The van der Waals surface area contributed by atoms with Crippen molar-refractivity contribution < 1.29 is 4.74 Å². The third-order valence-electron chi connectivity index (χ3n) is 5.57. The first kappa shape index (κ1) is 15.1. The van der Waals surface area contributed by atoms with E-state index in [1.54, 1.807) is 6.20 Å². The molecule has 0 amide bonds. The molecular weight excluding hydrogens is 312 g/mol. The van der Waals surface area contributed by atoms with Crippen LogP contribution in [0.25, 0.3) is 4.96 Å². The normalized spacial score (nSPS) is 25.8. The maximum Gasteiger partial charge on any atom is 0.275 e. The molecule has 2 aliphatic carbocycles. The Morgan fingerprint density at radius 3 is 2.96 bits per heavy atom. The van der Waals surface area contributed by atoms with E-state index in [0.717, 1.165) is 18.2 Å². The van der Waals surface area contributed by atoms with E-state index in [2.05, 4.69) is 29.0 Å².